The zero-order valence-corrected chi connectivity index (χ0v) is 9.56. The van der Waals surface area contributed by atoms with Crippen molar-refractivity contribution in [1.82, 2.24) is 10.2 Å². The second-order valence-corrected chi connectivity index (χ2v) is 5.51. The van der Waals surface area contributed by atoms with Crippen LogP contribution in [0.25, 0.3) is 0 Å². The molecule has 2 heteroatoms. The summed E-state index contributed by atoms with van der Waals surface area (Å²) >= 11 is 0. The van der Waals surface area contributed by atoms with Gasteiger partial charge in [0, 0.05) is 13.1 Å². The molecule has 0 amide bonds. The van der Waals surface area contributed by atoms with Gasteiger partial charge in [-0.1, -0.05) is 20.8 Å². The maximum absolute atomic E-state index is 3.27. The first kappa shape index (κ1) is 11.0. The van der Waals surface area contributed by atoms with E-state index in [1.165, 1.54) is 32.6 Å². The summed E-state index contributed by atoms with van der Waals surface area (Å²) in [5.41, 5.74) is 0.453. The molecule has 1 aliphatic heterocycles. The van der Waals surface area contributed by atoms with Crippen LogP contribution in [0.3, 0.4) is 0 Å². The fourth-order valence-electron chi connectivity index (χ4n) is 2.18. The van der Waals surface area contributed by atoms with Crippen molar-refractivity contribution in [2.24, 2.45) is 11.3 Å². The number of likely N-dealkylation sites (tertiary alicyclic amines) is 1. The average Bonchev–Trinajstić information content (AvgIpc) is 2.33. The van der Waals surface area contributed by atoms with Crippen LogP contribution < -0.4 is 5.32 Å². The van der Waals surface area contributed by atoms with Gasteiger partial charge in [0.15, 0.2) is 0 Å². The Kier molecular flexibility index (Phi) is 3.74. The first-order chi connectivity index (χ1) is 6.01. The topological polar surface area (TPSA) is 15.3 Å². The minimum Gasteiger partial charge on any atom is -0.319 e. The van der Waals surface area contributed by atoms with Gasteiger partial charge >= 0.3 is 0 Å². The number of nitrogens with zero attached hydrogens (tertiary/aromatic N) is 1. The summed E-state index contributed by atoms with van der Waals surface area (Å²) in [6.45, 7) is 12.0. The van der Waals surface area contributed by atoms with Gasteiger partial charge in [-0.15, -0.1) is 0 Å². The molecule has 0 radical (unpaired) electrons. The Bertz CT molecular complexity index is 149. The molecule has 1 saturated heterocycles. The minimum absolute atomic E-state index is 0.453. The van der Waals surface area contributed by atoms with E-state index >= 15 is 0 Å². The molecule has 1 rings (SSSR count). The van der Waals surface area contributed by atoms with Crippen LogP contribution in [0.2, 0.25) is 0 Å². The van der Waals surface area contributed by atoms with Crippen LogP contribution in [-0.2, 0) is 0 Å². The highest BCUT2D eigenvalue weighted by molar-refractivity contribution is 4.79. The molecule has 0 spiro atoms. The average molecular weight is 184 g/mol. The molecule has 1 N–H and O–H groups in total. The highest BCUT2D eigenvalue weighted by atomic mass is 15.2. The Hall–Kier alpha value is -0.0800. The summed E-state index contributed by atoms with van der Waals surface area (Å²) in [7, 11) is 2.05. The Morgan fingerprint density at radius 3 is 2.62 bits per heavy atom. The van der Waals surface area contributed by atoms with Crippen LogP contribution in [0.1, 0.15) is 27.2 Å². The van der Waals surface area contributed by atoms with Crippen LogP contribution in [0.4, 0.5) is 0 Å². The molecule has 0 saturated carbocycles. The van der Waals surface area contributed by atoms with Crippen LogP contribution >= 0.6 is 0 Å². The molecule has 1 atom stereocenters. The van der Waals surface area contributed by atoms with Crippen molar-refractivity contribution in [3.8, 4) is 0 Å². The molecule has 1 fully saturated rings. The van der Waals surface area contributed by atoms with Crippen molar-refractivity contribution in [3.05, 3.63) is 0 Å². The highest BCUT2D eigenvalue weighted by Crippen LogP contribution is 2.21. The molecule has 0 aromatic carbocycles. The van der Waals surface area contributed by atoms with Crippen molar-refractivity contribution in [2.45, 2.75) is 27.2 Å². The first-order valence-electron chi connectivity index (χ1n) is 5.38. The minimum atomic E-state index is 0.453. The predicted octanol–water partition coefficient (Wildman–Crippen LogP) is 1.57. The van der Waals surface area contributed by atoms with Crippen molar-refractivity contribution >= 4 is 0 Å². The Labute approximate surface area is 82.7 Å². The van der Waals surface area contributed by atoms with Gasteiger partial charge in [-0.05, 0) is 37.9 Å². The normalized spacial score (nSPS) is 25.4. The second-order valence-electron chi connectivity index (χ2n) is 5.51. The maximum atomic E-state index is 3.27. The van der Waals surface area contributed by atoms with Crippen LogP contribution in [0, 0.1) is 11.3 Å². The standard InChI is InChI=1S/C11H24N2/c1-11(2,3)9-13-6-5-10(8-13)7-12-4/h10,12H,5-9H2,1-4H3. The molecule has 0 bridgehead atoms. The molecule has 1 heterocycles. The van der Waals surface area contributed by atoms with E-state index in [0.29, 0.717) is 5.41 Å². The summed E-state index contributed by atoms with van der Waals surface area (Å²) in [4.78, 5) is 2.60. The monoisotopic (exact) mass is 184 g/mol. The Morgan fingerprint density at radius 1 is 1.38 bits per heavy atom. The molecule has 0 aliphatic carbocycles. The lowest BCUT2D eigenvalue weighted by Gasteiger charge is -2.26. The predicted molar refractivity (Wildman–Crippen MR) is 57.9 cm³/mol. The van der Waals surface area contributed by atoms with Crippen molar-refractivity contribution in [2.75, 3.05) is 33.2 Å². The zero-order valence-electron chi connectivity index (χ0n) is 9.56. The van der Waals surface area contributed by atoms with Gasteiger partial charge in [0.2, 0.25) is 0 Å². The van der Waals surface area contributed by atoms with E-state index in [1.54, 1.807) is 0 Å². The molecule has 0 aromatic heterocycles. The van der Waals surface area contributed by atoms with Gasteiger partial charge in [-0.2, -0.15) is 0 Å². The first-order valence-corrected chi connectivity index (χ1v) is 5.38. The molecule has 2 nitrogen and oxygen atoms in total. The Morgan fingerprint density at radius 2 is 2.08 bits per heavy atom. The lowest BCUT2D eigenvalue weighted by molar-refractivity contribution is 0.220. The number of nitrogens with one attached hydrogen (secondary N) is 1. The lowest BCUT2D eigenvalue weighted by atomic mass is 9.96. The van der Waals surface area contributed by atoms with Crippen LogP contribution in [0.15, 0.2) is 0 Å². The van der Waals surface area contributed by atoms with E-state index in [-0.39, 0.29) is 0 Å². The van der Waals surface area contributed by atoms with Gasteiger partial charge in [0.05, 0.1) is 0 Å². The molecule has 1 aliphatic rings. The van der Waals surface area contributed by atoms with Gasteiger partial charge in [0.1, 0.15) is 0 Å². The van der Waals surface area contributed by atoms with E-state index in [9.17, 15) is 0 Å². The largest absolute Gasteiger partial charge is 0.319 e. The maximum Gasteiger partial charge on any atom is 0.00302 e. The third-order valence-corrected chi connectivity index (χ3v) is 2.56. The van der Waals surface area contributed by atoms with E-state index in [2.05, 4.69) is 31.0 Å². The molecule has 1 unspecified atom stereocenters. The van der Waals surface area contributed by atoms with Crippen molar-refractivity contribution in [1.29, 1.82) is 0 Å². The quantitative estimate of drug-likeness (QED) is 0.716. The number of hydrogen-bond acceptors (Lipinski definition) is 2. The second kappa shape index (κ2) is 4.43. The summed E-state index contributed by atoms with van der Waals surface area (Å²) in [5, 5.41) is 3.27. The summed E-state index contributed by atoms with van der Waals surface area (Å²) < 4.78 is 0. The molecular weight excluding hydrogens is 160 g/mol. The third kappa shape index (κ3) is 4.10. The zero-order chi connectivity index (χ0) is 9.90. The highest BCUT2D eigenvalue weighted by Gasteiger charge is 2.24. The molecule has 78 valence electrons. The van der Waals surface area contributed by atoms with Gasteiger partial charge in [-0.3, -0.25) is 0 Å². The smallest absolute Gasteiger partial charge is 0.00302 e. The summed E-state index contributed by atoms with van der Waals surface area (Å²) in [6, 6.07) is 0. The van der Waals surface area contributed by atoms with Gasteiger partial charge < -0.3 is 10.2 Å². The molecule has 13 heavy (non-hydrogen) atoms. The van der Waals surface area contributed by atoms with Crippen molar-refractivity contribution < 1.29 is 0 Å². The van der Waals surface area contributed by atoms with E-state index in [1.807, 2.05) is 7.05 Å². The van der Waals surface area contributed by atoms with Gasteiger partial charge in [0.25, 0.3) is 0 Å². The summed E-state index contributed by atoms with van der Waals surface area (Å²) in [6.07, 6.45) is 1.37. The van der Waals surface area contributed by atoms with E-state index in [0.717, 1.165) is 5.92 Å². The number of rotatable bonds is 3. The fourth-order valence-corrected chi connectivity index (χ4v) is 2.18. The fraction of sp³-hybridized carbons (Fsp3) is 1.00. The van der Waals surface area contributed by atoms with E-state index < -0.39 is 0 Å². The third-order valence-electron chi connectivity index (χ3n) is 2.56. The van der Waals surface area contributed by atoms with Crippen LogP contribution in [-0.4, -0.2) is 38.1 Å². The SMILES string of the molecule is CNCC1CCN(CC(C)(C)C)C1. The molecule has 0 aromatic rings. The van der Waals surface area contributed by atoms with Crippen molar-refractivity contribution in [3.63, 3.8) is 0 Å². The van der Waals surface area contributed by atoms with Gasteiger partial charge in [-0.25, -0.2) is 0 Å². The van der Waals surface area contributed by atoms with E-state index in [4.69, 9.17) is 0 Å². The lowest BCUT2D eigenvalue weighted by Crippen LogP contribution is -2.31. The van der Waals surface area contributed by atoms with Crippen LogP contribution in [0.5, 0.6) is 0 Å². The number of hydrogen-bond donors (Lipinski definition) is 1. The summed E-state index contributed by atoms with van der Waals surface area (Å²) in [5.74, 6) is 0.882. The molecular formula is C11H24N2. The Balaban J connectivity index is 2.25.